The SMILES string of the molecule is CC(C)C[C@H](C(=O)Nc1ccc(F)c(F)c1F)N1C(=O)c2ccccc2C1=O. The van der Waals surface area contributed by atoms with Crippen LogP contribution in [0, 0.1) is 23.4 Å². The van der Waals surface area contributed by atoms with Gasteiger partial charge in [-0.05, 0) is 36.6 Å². The van der Waals surface area contributed by atoms with E-state index >= 15 is 0 Å². The highest BCUT2D eigenvalue weighted by Crippen LogP contribution is 2.28. The molecule has 1 heterocycles. The van der Waals surface area contributed by atoms with Crippen LogP contribution in [-0.2, 0) is 4.79 Å². The van der Waals surface area contributed by atoms with Crippen molar-refractivity contribution in [1.82, 2.24) is 4.90 Å². The number of fused-ring (bicyclic) bond motifs is 1. The highest BCUT2D eigenvalue weighted by Gasteiger charge is 2.42. The van der Waals surface area contributed by atoms with Gasteiger partial charge in [-0.2, -0.15) is 0 Å². The van der Waals surface area contributed by atoms with Crippen LogP contribution in [-0.4, -0.2) is 28.7 Å². The Hall–Kier alpha value is -3.16. The number of carbonyl (C=O) groups excluding carboxylic acids is 3. The zero-order chi connectivity index (χ0) is 20.6. The summed E-state index contributed by atoms with van der Waals surface area (Å²) in [5.74, 6) is -6.89. The normalized spacial score (nSPS) is 14.4. The van der Waals surface area contributed by atoms with Crippen LogP contribution in [0.5, 0.6) is 0 Å². The molecule has 5 nitrogen and oxygen atoms in total. The largest absolute Gasteiger partial charge is 0.322 e. The third kappa shape index (κ3) is 3.37. The minimum Gasteiger partial charge on any atom is -0.322 e. The summed E-state index contributed by atoms with van der Waals surface area (Å²) in [5.41, 5.74) is -0.226. The average molecular weight is 390 g/mol. The van der Waals surface area contributed by atoms with Crippen LogP contribution in [0.3, 0.4) is 0 Å². The fourth-order valence-electron chi connectivity index (χ4n) is 3.11. The Kier molecular flexibility index (Phi) is 5.22. The number of anilines is 1. The molecule has 0 radical (unpaired) electrons. The van der Waals surface area contributed by atoms with Crippen LogP contribution >= 0.6 is 0 Å². The molecule has 3 rings (SSSR count). The van der Waals surface area contributed by atoms with Gasteiger partial charge in [-0.25, -0.2) is 13.2 Å². The van der Waals surface area contributed by atoms with Crippen molar-refractivity contribution in [2.24, 2.45) is 5.92 Å². The summed E-state index contributed by atoms with van der Waals surface area (Å²) < 4.78 is 40.5. The minimum atomic E-state index is -1.72. The minimum absolute atomic E-state index is 0.0881. The Morgan fingerprint density at radius 3 is 2.07 bits per heavy atom. The summed E-state index contributed by atoms with van der Waals surface area (Å²) in [5, 5.41) is 2.16. The number of hydrogen-bond acceptors (Lipinski definition) is 3. The molecule has 1 atom stereocenters. The maximum absolute atomic E-state index is 13.9. The third-order valence-corrected chi connectivity index (χ3v) is 4.43. The van der Waals surface area contributed by atoms with Crippen LogP contribution in [0.25, 0.3) is 0 Å². The lowest BCUT2D eigenvalue weighted by molar-refractivity contribution is -0.120. The fraction of sp³-hybridized carbons (Fsp3) is 0.250. The van der Waals surface area contributed by atoms with Crippen molar-refractivity contribution in [3.8, 4) is 0 Å². The van der Waals surface area contributed by atoms with E-state index in [-0.39, 0.29) is 23.5 Å². The summed E-state index contributed by atoms with van der Waals surface area (Å²) in [7, 11) is 0. The summed E-state index contributed by atoms with van der Waals surface area (Å²) in [4.78, 5) is 39.0. The number of amides is 3. The number of benzene rings is 2. The molecule has 146 valence electrons. The molecule has 0 aromatic heterocycles. The van der Waals surface area contributed by atoms with Crippen molar-refractivity contribution in [3.63, 3.8) is 0 Å². The van der Waals surface area contributed by atoms with E-state index in [9.17, 15) is 27.6 Å². The van der Waals surface area contributed by atoms with Gasteiger partial charge in [0, 0.05) is 0 Å². The van der Waals surface area contributed by atoms with E-state index in [2.05, 4.69) is 5.32 Å². The van der Waals surface area contributed by atoms with Gasteiger partial charge in [0.2, 0.25) is 5.91 Å². The number of rotatable bonds is 5. The maximum atomic E-state index is 13.9. The highest BCUT2D eigenvalue weighted by atomic mass is 19.2. The molecule has 28 heavy (non-hydrogen) atoms. The van der Waals surface area contributed by atoms with Gasteiger partial charge in [-0.1, -0.05) is 26.0 Å². The van der Waals surface area contributed by atoms with Gasteiger partial charge in [-0.15, -0.1) is 0 Å². The molecule has 0 spiro atoms. The standard InChI is InChI=1S/C20H17F3N2O3/c1-10(2)9-15(18(26)24-14-8-7-13(21)16(22)17(14)23)25-19(27)11-5-3-4-6-12(11)20(25)28/h3-8,10,15H,9H2,1-2H3,(H,24,26)/t15-/m1/s1. The second-order valence-electron chi connectivity index (χ2n) is 6.88. The molecule has 1 aliphatic heterocycles. The van der Waals surface area contributed by atoms with Crippen molar-refractivity contribution in [2.75, 3.05) is 5.32 Å². The molecule has 3 amide bonds. The number of halogens is 3. The molecular formula is C20H17F3N2O3. The van der Waals surface area contributed by atoms with Gasteiger partial charge in [0.05, 0.1) is 16.8 Å². The maximum Gasteiger partial charge on any atom is 0.262 e. The van der Waals surface area contributed by atoms with Crippen molar-refractivity contribution in [3.05, 3.63) is 65.0 Å². The molecule has 8 heteroatoms. The molecule has 0 bridgehead atoms. The van der Waals surface area contributed by atoms with Crippen LogP contribution in [0.2, 0.25) is 0 Å². The number of carbonyl (C=O) groups is 3. The molecule has 1 N–H and O–H groups in total. The van der Waals surface area contributed by atoms with Crippen molar-refractivity contribution >= 4 is 23.4 Å². The van der Waals surface area contributed by atoms with Gasteiger partial charge in [0.15, 0.2) is 17.5 Å². The Balaban J connectivity index is 1.93. The Morgan fingerprint density at radius 2 is 1.54 bits per heavy atom. The Labute approximate surface area is 159 Å². The first-order valence-electron chi connectivity index (χ1n) is 8.63. The molecule has 1 aliphatic rings. The van der Waals surface area contributed by atoms with Crippen LogP contribution in [0.1, 0.15) is 41.0 Å². The summed E-state index contributed by atoms with van der Waals surface area (Å²) in [6, 6.07) is 6.47. The number of nitrogens with zero attached hydrogens (tertiary/aromatic N) is 1. The van der Waals surface area contributed by atoms with Crippen molar-refractivity contribution in [2.45, 2.75) is 26.3 Å². The molecule has 0 unspecified atom stereocenters. The van der Waals surface area contributed by atoms with Crippen molar-refractivity contribution < 1.29 is 27.6 Å². The first kappa shape index (κ1) is 19.6. The smallest absolute Gasteiger partial charge is 0.262 e. The molecule has 2 aromatic rings. The Bertz CT molecular complexity index is 940. The molecule has 0 aliphatic carbocycles. The van der Waals surface area contributed by atoms with E-state index in [0.717, 1.165) is 11.0 Å². The molecular weight excluding hydrogens is 373 g/mol. The van der Waals surface area contributed by atoms with Crippen LogP contribution in [0.15, 0.2) is 36.4 Å². The lowest BCUT2D eigenvalue weighted by Crippen LogP contribution is -2.48. The average Bonchev–Trinajstić information content (AvgIpc) is 2.91. The molecule has 0 saturated carbocycles. The first-order chi connectivity index (χ1) is 13.2. The first-order valence-corrected chi connectivity index (χ1v) is 8.63. The zero-order valence-electron chi connectivity index (χ0n) is 15.1. The monoisotopic (exact) mass is 390 g/mol. The van der Waals surface area contributed by atoms with E-state index < -0.39 is 46.9 Å². The van der Waals surface area contributed by atoms with Gasteiger partial charge >= 0.3 is 0 Å². The van der Waals surface area contributed by atoms with Gasteiger partial charge < -0.3 is 5.32 Å². The lowest BCUT2D eigenvalue weighted by Gasteiger charge is -2.26. The number of imide groups is 1. The molecule has 2 aromatic carbocycles. The highest BCUT2D eigenvalue weighted by molar-refractivity contribution is 6.23. The van der Waals surface area contributed by atoms with Gasteiger partial charge in [0.25, 0.3) is 11.8 Å². The molecule has 0 fully saturated rings. The van der Waals surface area contributed by atoms with Gasteiger partial charge in [0.1, 0.15) is 6.04 Å². The topological polar surface area (TPSA) is 66.5 Å². The van der Waals surface area contributed by atoms with E-state index in [1.807, 2.05) is 0 Å². The van der Waals surface area contributed by atoms with E-state index in [1.165, 1.54) is 12.1 Å². The van der Waals surface area contributed by atoms with E-state index in [4.69, 9.17) is 0 Å². The Morgan fingerprint density at radius 1 is 0.964 bits per heavy atom. The predicted octanol–water partition coefficient (Wildman–Crippen LogP) is 3.75. The fourth-order valence-corrected chi connectivity index (χ4v) is 3.11. The van der Waals surface area contributed by atoms with Crippen LogP contribution < -0.4 is 5.32 Å². The van der Waals surface area contributed by atoms with Crippen molar-refractivity contribution in [1.29, 1.82) is 0 Å². The van der Waals surface area contributed by atoms with E-state index in [1.54, 1.807) is 26.0 Å². The predicted molar refractivity (Wildman–Crippen MR) is 95.1 cm³/mol. The second kappa shape index (κ2) is 7.46. The van der Waals surface area contributed by atoms with Gasteiger partial charge in [-0.3, -0.25) is 19.3 Å². The van der Waals surface area contributed by atoms with Crippen LogP contribution in [0.4, 0.5) is 18.9 Å². The summed E-state index contributed by atoms with van der Waals surface area (Å²) in [6.07, 6.45) is 0.114. The van der Waals surface area contributed by atoms with E-state index in [0.29, 0.717) is 6.07 Å². The quantitative estimate of drug-likeness (QED) is 0.625. The number of hydrogen-bond donors (Lipinski definition) is 1. The second-order valence-corrected chi connectivity index (χ2v) is 6.88. The third-order valence-electron chi connectivity index (χ3n) is 4.43. The lowest BCUT2D eigenvalue weighted by atomic mass is 10.0. The number of nitrogens with one attached hydrogen (secondary N) is 1. The molecule has 0 saturated heterocycles. The zero-order valence-corrected chi connectivity index (χ0v) is 15.1. The summed E-state index contributed by atoms with van der Waals surface area (Å²) in [6.45, 7) is 3.58. The summed E-state index contributed by atoms with van der Waals surface area (Å²) >= 11 is 0.